The highest BCUT2D eigenvalue weighted by atomic mass is 16.5. The van der Waals surface area contributed by atoms with E-state index in [2.05, 4.69) is 37.4 Å². The summed E-state index contributed by atoms with van der Waals surface area (Å²) in [6.45, 7) is 5.06. The molecule has 0 saturated heterocycles. The summed E-state index contributed by atoms with van der Waals surface area (Å²) in [5.41, 5.74) is 9.59. The maximum Gasteiger partial charge on any atom is 0.119 e. The summed E-state index contributed by atoms with van der Waals surface area (Å²) in [4.78, 5) is 0. The number of hydrogen-bond acceptors (Lipinski definition) is 4. The Labute approximate surface area is 138 Å². The predicted octanol–water partition coefficient (Wildman–Crippen LogP) is 2.87. The number of aliphatic hydroxyl groups is 1. The third kappa shape index (κ3) is 5.58. The van der Waals surface area contributed by atoms with Gasteiger partial charge in [0.2, 0.25) is 0 Å². The highest BCUT2D eigenvalue weighted by molar-refractivity contribution is 5.52. The second-order valence-corrected chi connectivity index (χ2v) is 5.89. The van der Waals surface area contributed by atoms with Crippen molar-refractivity contribution in [1.82, 2.24) is 0 Å². The van der Waals surface area contributed by atoms with Crippen LogP contribution in [0.25, 0.3) is 0 Å². The van der Waals surface area contributed by atoms with E-state index in [1.165, 1.54) is 11.1 Å². The van der Waals surface area contributed by atoms with Gasteiger partial charge in [-0.05, 0) is 49.6 Å². The van der Waals surface area contributed by atoms with Crippen LogP contribution in [-0.2, 0) is 0 Å². The van der Waals surface area contributed by atoms with Gasteiger partial charge in [0.25, 0.3) is 0 Å². The smallest absolute Gasteiger partial charge is 0.119 e. The summed E-state index contributed by atoms with van der Waals surface area (Å²) in [7, 11) is 0. The number of aliphatic hydroxyl groups excluding tert-OH is 1. The molecule has 2 aromatic rings. The summed E-state index contributed by atoms with van der Waals surface area (Å²) in [6, 6.07) is 15.4. The number of rotatable bonds is 8. The number of benzene rings is 2. The Hall–Kier alpha value is -2.04. The molecule has 0 aliphatic rings. The SMILES string of the molecule is Cc1ccc(C)c(NCCC(N)C(O)COc2ccccc2)c1. The number of aryl methyl sites for hydroxylation is 2. The van der Waals surface area contributed by atoms with E-state index in [1.54, 1.807) is 0 Å². The fourth-order valence-electron chi connectivity index (χ4n) is 2.31. The number of anilines is 1. The van der Waals surface area contributed by atoms with Crippen LogP contribution in [0.3, 0.4) is 0 Å². The topological polar surface area (TPSA) is 67.5 Å². The highest BCUT2D eigenvalue weighted by Gasteiger charge is 2.15. The van der Waals surface area contributed by atoms with Crippen molar-refractivity contribution in [1.29, 1.82) is 0 Å². The van der Waals surface area contributed by atoms with Crippen molar-refractivity contribution in [3.63, 3.8) is 0 Å². The van der Waals surface area contributed by atoms with E-state index >= 15 is 0 Å². The molecule has 0 radical (unpaired) electrons. The maximum absolute atomic E-state index is 10.1. The zero-order chi connectivity index (χ0) is 16.7. The first-order valence-electron chi connectivity index (χ1n) is 7.99. The number of hydrogen-bond donors (Lipinski definition) is 3. The van der Waals surface area contributed by atoms with Gasteiger partial charge in [-0.1, -0.05) is 30.3 Å². The summed E-state index contributed by atoms with van der Waals surface area (Å²) in [5, 5.41) is 13.5. The molecule has 2 rings (SSSR count). The van der Waals surface area contributed by atoms with E-state index in [9.17, 15) is 5.11 Å². The number of para-hydroxylation sites is 1. The molecule has 0 bridgehead atoms. The van der Waals surface area contributed by atoms with Crippen molar-refractivity contribution in [2.75, 3.05) is 18.5 Å². The van der Waals surface area contributed by atoms with Gasteiger partial charge in [0, 0.05) is 18.3 Å². The van der Waals surface area contributed by atoms with Gasteiger partial charge in [0.1, 0.15) is 18.5 Å². The Balaban J connectivity index is 1.73. The molecule has 2 aromatic carbocycles. The van der Waals surface area contributed by atoms with E-state index in [-0.39, 0.29) is 12.6 Å². The molecule has 0 saturated carbocycles. The number of nitrogens with two attached hydrogens (primary N) is 1. The van der Waals surface area contributed by atoms with Crippen LogP contribution in [0.4, 0.5) is 5.69 Å². The summed E-state index contributed by atoms with van der Waals surface area (Å²) >= 11 is 0. The molecular weight excluding hydrogens is 288 g/mol. The van der Waals surface area contributed by atoms with Crippen LogP contribution in [0.2, 0.25) is 0 Å². The molecule has 4 nitrogen and oxygen atoms in total. The fourth-order valence-corrected chi connectivity index (χ4v) is 2.31. The Morgan fingerprint density at radius 2 is 1.87 bits per heavy atom. The average Bonchev–Trinajstić information content (AvgIpc) is 2.56. The van der Waals surface area contributed by atoms with Crippen molar-refractivity contribution in [3.8, 4) is 5.75 Å². The van der Waals surface area contributed by atoms with Gasteiger partial charge in [-0.3, -0.25) is 0 Å². The van der Waals surface area contributed by atoms with Gasteiger partial charge >= 0.3 is 0 Å². The Morgan fingerprint density at radius 3 is 2.61 bits per heavy atom. The van der Waals surface area contributed by atoms with Crippen molar-refractivity contribution in [2.45, 2.75) is 32.4 Å². The van der Waals surface area contributed by atoms with Crippen LogP contribution in [0, 0.1) is 13.8 Å². The van der Waals surface area contributed by atoms with Gasteiger partial charge in [0.05, 0.1) is 0 Å². The van der Waals surface area contributed by atoms with Crippen molar-refractivity contribution < 1.29 is 9.84 Å². The van der Waals surface area contributed by atoms with Crippen LogP contribution < -0.4 is 15.8 Å². The number of ether oxygens (including phenoxy) is 1. The summed E-state index contributed by atoms with van der Waals surface area (Å²) in [6.07, 6.45) is -0.0113. The molecule has 0 aliphatic carbocycles. The molecular formula is C19H26N2O2. The van der Waals surface area contributed by atoms with E-state index in [0.717, 1.165) is 11.4 Å². The molecule has 2 unspecified atom stereocenters. The maximum atomic E-state index is 10.1. The minimum atomic E-state index is -0.685. The third-order valence-electron chi connectivity index (χ3n) is 3.84. The molecule has 0 fully saturated rings. The number of nitrogens with one attached hydrogen (secondary N) is 1. The summed E-state index contributed by atoms with van der Waals surface area (Å²) in [5.74, 6) is 0.743. The summed E-state index contributed by atoms with van der Waals surface area (Å²) < 4.78 is 5.54. The minimum Gasteiger partial charge on any atom is -0.491 e. The molecule has 0 spiro atoms. The lowest BCUT2D eigenvalue weighted by molar-refractivity contribution is 0.0836. The highest BCUT2D eigenvalue weighted by Crippen LogP contribution is 2.16. The monoisotopic (exact) mass is 314 g/mol. The van der Waals surface area contributed by atoms with E-state index in [4.69, 9.17) is 10.5 Å². The lowest BCUT2D eigenvalue weighted by Gasteiger charge is -2.20. The zero-order valence-electron chi connectivity index (χ0n) is 13.8. The third-order valence-corrected chi connectivity index (χ3v) is 3.84. The molecule has 0 aromatic heterocycles. The lowest BCUT2D eigenvalue weighted by Crippen LogP contribution is -2.40. The average molecular weight is 314 g/mol. The van der Waals surface area contributed by atoms with E-state index in [0.29, 0.717) is 13.0 Å². The van der Waals surface area contributed by atoms with Gasteiger partial charge in [-0.25, -0.2) is 0 Å². The Kier molecular flexibility index (Phi) is 6.44. The van der Waals surface area contributed by atoms with Crippen molar-refractivity contribution in [3.05, 3.63) is 59.7 Å². The van der Waals surface area contributed by atoms with Crippen LogP contribution in [0.1, 0.15) is 17.5 Å². The second-order valence-electron chi connectivity index (χ2n) is 5.89. The van der Waals surface area contributed by atoms with Crippen LogP contribution >= 0.6 is 0 Å². The quantitative estimate of drug-likeness (QED) is 0.701. The zero-order valence-corrected chi connectivity index (χ0v) is 13.8. The minimum absolute atomic E-state index is 0.203. The molecule has 23 heavy (non-hydrogen) atoms. The standard InChI is InChI=1S/C19H26N2O2/c1-14-8-9-15(2)18(12-14)21-11-10-17(20)19(22)13-23-16-6-4-3-5-7-16/h3-9,12,17,19,21-22H,10-11,13,20H2,1-2H3. The largest absolute Gasteiger partial charge is 0.491 e. The second kappa shape index (κ2) is 8.56. The first-order chi connectivity index (χ1) is 11.1. The van der Waals surface area contributed by atoms with Gasteiger partial charge < -0.3 is 20.9 Å². The van der Waals surface area contributed by atoms with E-state index in [1.807, 2.05) is 30.3 Å². The normalized spacial score (nSPS) is 13.4. The molecule has 0 amide bonds. The first kappa shape index (κ1) is 17.3. The molecule has 4 heteroatoms. The van der Waals surface area contributed by atoms with Crippen LogP contribution in [0.15, 0.2) is 48.5 Å². The van der Waals surface area contributed by atoms with Gasteiger partial charge in [0.15, 0.2) is 0 Å². The fraction of sp³-hybridized carbons (Fsp3) is 0.368. The van der Waals surface area contributed by atoms with Crippen molar-refractivity contribution >= 4 is 5.69 Å². The predicted molar refractivity (Wildman–Crippen MR) is 94.9 cm³/mol. The molecule has 2 atom stereocenters. The molecule has 124 valence electrons. The Morgan fingerprint density at radius 1 is 1.13 bits per heavy atom. The Bertz CT molecular complexity index is 602. The lowest BCUT2D eigenvalue weighted by atomic mass is 10.1. The molecule has 0 heterocycles. The van der Waals surface area contributed by atoms with Gasteiger partial charge in [-0.15, -0.1) is 0 Å². The first-order valence-corrected chi connectivity index (χ1v) is 7.99. The van der Waals surface area contributed by atoms with Crippen molar-refractivity contribution in [2.24, 2.45) is 5.73 Å². The van der Waals surface area contributed by atoms with Crippen LogP contribution in [-0.4, -0.2) is 30.4 Å². The molecule has 0 aliphatic heterocycles. The van der Waals surface area contributed by atoms with Crippen LogP contribution in [0.5, 0.6) is 5.75 Å². The molecule has 4 N–H and O–H groups in total. The van der Waals surface area contributed by atoms with Gasteiger partial charge in [-0.2, -0.15) is 0 Å². The van der Waals surface area contributed by atoms with E-state index < -0.39 is 6.10 Å².